The molecule has 0 unspecified atom stereocenters. The number of carbonyl (C=O) groups excluding carboxylic acids is 1. The number of amides is 1. The van der Waals surface area contributed by atoms with Crippen LogP contribution >= 0.6 is 0 Å². The number of para-hydroxylation sites is 1. The van der Waals surface area contributed by atoms with Gasteiger partial charge in [0.15, 0.2) is 0 Å². The number of anilines is 1. The third kappa shape index (κ3) is 4.94. The minimum Gasteiger partial charge on any atom is -0.324 e. The normalized spacial score (nSPS) is 11.7. The van der Waals surface area contributed by atoms with Gasteiger partial charge in [0, 0.05) is 31.1 Å². The van der Waals surface area contributed by atoms with E-state index in [1.165, 1.54) is 4.31 Å². The minimum atomic E-state index is -3.44. The highest BCUT2D eigenvalue weighted by Gasteiger charge is 2.19. The van der Waals surface area contributed by atoms with Crippen molar-refractivity contribution in [2.75, 3.05) is 18.1 Å². The zero-order chi connectivity index (χ0) is 20.1. The number of rotatable bonds is 7. The Morgan fingerprint density at radius 3 is 2.57 bits per heavy atom. The van der Waals surface area contributed by atoms with Gasteiger partial charge in [0.2, 0.25) is 15.9 Å². The number of sulfonamides is 1. The third-order valence-corrected chi connectivity index (χ3v) is 5.82. The maximum Gasteiger partial charge on any atom is 0.225 e. The monoisotopic (exact) mass is 397 g/mol. The molecule has 3 aromatic rings. The van der Waals surface area contributed by atoms with Gasteiger partial charge in [-0.25, -0.2) is 8.42 Å². The van der Waals surface area contributed by atoms with E-state index >= 15 is 0 Å². The molecule has 0 aliphatic heterocycles. The van der Waals surface area contributed by atoms with Gasteiger partial charge in [0.05, 0.1) is 17.5 Å². The highest BCUT2D eigenvalue weighted by atomic mass is 32.2. The lowest BCUT2D eigenvalue weighted by molar-refractivity contribution is -0.116. The van der Waals surface area contributed by atoms with Crippen molar-refractivity contribution in [2.45, 2.75) is 19.9 Å². The Balaban J connectivity index is 1.69. The maximum absolute atomic E-state index is 12.4. The largest absolute Gasteiger partial charge is 0.324 e. The number of hydrogen-bond acceptors (Lipinski definition) is 4. The second-order valence-corrected chi connectivity index (χ2v) is 8.68. The zero-order valence-corrected chi connectivity index (χ0v) is 16.7. The molecule has 6 nitrogen and oxygen atoms in total. The minimum absolute atomic E-state index is 0.0577. The molecule has 0 spiro atoms. The third-order valence-electron chi connectivity index (χ3n) is 4.57. The summed E-state index contributed by atoms with van der Waals surface area (Å²) in [5, 5.41) is 3.77. The van der Waals surface area contributed by atoms with Crippen LogP contribution in [0.3, 0.4) is 0 Å². The predicted molar refractivity (Wildman–Crippen MR) is 111 cm³/mol. The molecule has 0 fully saturated rings. The summed E-state index contributed by atoms with van der Waals surface area (Å²) in [6.45, 7) is 2.29. The first kappa shape index (κ1) is 20.0. The molecule has 0 radical (unpaired) electrons. The summed E-state index contributed by atoms with van der Waals surface area (Å²) in [5.74, 6) is -0.253. The molecular weight excluding hydrogens is 374 g/mol. The lowest BCUT2D eigenvalue weighted by Gasteiger charge is -2.21. The lowest BCUT2D eigenvalue weighted by Crippen LogP contribution is -2.32. The van der Waals surface area contributed by atoms with Crippen molar-refractivity contribution in [1.82, 2.24) is 9.29 Å². The molecule has 28 heavy (non-hydrogen) atoms. The molecule has 2 aromatic carbocycles. The fourth-order valence-electron chi connectivity index (χ4n) is 2.98. The van der Waals surface area contributed by atoms with E-state index in [1.54, 1.807) is 12.3 Å². The molecule has 1 amide bonds. The molecule has 146 valence electrons. The van der Waals surface area contributed by atoms with Gasteiger partial charge in [-0.1, -0.05) is 42.5 Å². The number of aromatic nitrogens is 1. The van der Waals surface area contributed by atoms with Gasteiger partial charge in [-0.3, -0.25) is 9.78 Å². The Hall–Kier alpha value is -2.77. The van der Waals surface area contributed by atoms with Crippen LogP contribution in [0, 0.1) is 6.92 Å². The molecule has 0 saturated heterocycles. The number of pyridine rings is 1. The first-order chi connectivity index (χ1) is 13.3. The molecule has 0 bridgehead atoms. The second kappa shape index (κ2) is 8.50. The van der Waals surface area contributed by atoms with Crippen LogP contribution in [0.15, 0.2) is 60.8 Å². The summed E-state index contributed by atoms with van der Waals surface area (Å²) in [4.78, 5) is 16.8. The van der Waals surface area contributed by atoms with E-state index in [0.29, 0.717) is 11.2 Å². The zero-order valence-electron chi connectivity index (χ0n) is 15.9. The number of carbonyl (C=O) groups is 1. The standard InChI is InChI=1S/C21H23N3O3S/c1-16-7-3-4-8-18(16)15-24(28(2,26)27)14-12-20(25)23-19-11-5-9-17-10-6-13-22-21(17)19/h3-11,13H,12,14-15H2,1-2H3,(H,23,25). The van der Waals surface area contributed by atoms with E-state index in [4.69, 9.17) is 0 Å². The number of aryl methyl sites for hydroxylation is 1. The van der Waals surface area contributed by atoms with Gasteiger partial charge in [-0.2, -0.15) is 4.31 Å². The number of nitrogens with zero attached hydrogens (tertiary/aromatic N) is 2. The van der Waals surface area contributed by atoms with Crippen LogP contribution in [0.5, 0.6) is 0 Å². The molecule has 1 N–H and O–H groups in total. The van der Waals surface area contributed by atoms with Crippen LogP contribution in [-0.4, -0.2) is 36.4 Å². The average molecular weight is 398 g/mol. The summed E-state index contributed by atoms with van der Waals surface area (Å²) in [6.07, 6.45) is 2.89. The van der Waals surface area contributed by atoms with Gasteiger partial charge < -0.3 is 5.32 Å². The molecule has 0 aliphatic rings. The van der Waals surface area contributed by atoms with E-state index in [1.807, 2.05) is 55.5 Å². The fourth-order valence-corrected chi connectivity index (χ4v) is 3.78. The molecule has 0 aliphatic carbocycles. The first-order valence-corrected chi connectivity index (χ1v) is 10.8. The van der Waals surface area contributed by atoms with Crippen molar-refractivity contribution in [1.29, 1.82) is 0 Å². The van der Waals surface area contributed by atoms with Gasteiger partial charge in [0.1, 0.15) is 0 Å². The Bertz CT molecular complexity index is 1090. The van der Waals surface area contributed by atoms with E-state index < -0.39 is 10.0 Å². The summed E-state index contributed by atoms with van der Waals surface area (Å²) < 4.78 is 25.7. The SMILES string of the molecule is Cc1ccccc1CN(CCC(=O)Nc1cccc2cccnc12)S(C)(=O)=O. The van der Waals surface area contributed by atoms with E-state index in [-0.39, 0.29) is 25.4 Å². The summed E-state index contributed by atoms with van der Waals surface area (Å²) >= 11 is 0. The molecule has 7 heteroatoms. The van der Waals surface area contributed by atoms with Crippen molar-refractivity contribution in [3.05, 3.63) is 71.9 Å². The maximum atomic E-state index is 12.4. The number of hydrogen-bond donors (Lipinski definition) is 1. The topological polar surface area (TPSA) is 79.4 Å². The Kier molecular flexibility index (Phi) is 6.06. The highest BCUT2D eigenvalue weighted by molar-refractivity contribution is 7.88. The summed E-state index contributed by atoms with van der Waals surface area (Å²) in [5.41, 5.74) is 3.26. The molecule has 1 heterocycles. The molecular formula is C21H23N3O3S. The number of benzene rings is 2. The highest BCUT2D eigenvalue weighted by Crippen LogP contribution is 2.21. The number of fused-ring (bicyclic) bond motifs is 1. The van der Waals surface area contributed by atoms with Crippen LogP contribution in [0.25, 0.3) is 10.9 Å². The van der Waals surface area contributed by atoms with Crippen molar-refractivity contribution < 1.29 is 13.2 Å². The van der Waals surface area contributed by atoms with Crippen LogP contribution in [-0.2, 0) is 21.4 Å². The summed E-state index contributed by atoms with van der Waals surface area (Å²) in [7, 11) is -3.44. The molecule has 3 rings (SSSR count). The van der Waals surface area contributed by atoms with Gasteiger partial charge in [0.25, 0.3) is 0 Å². The van der Waals surface area contributed by atoms with Crippen LogP contribution in [0.2, 0.25) is 0 Å². The van der Waals surface area contributed by atoms with Crippen molar-refractivity contribution >= 4 is 32.5 Å². The van der Waals surface area contributed by atoms with Crippen molar-refractivity contribution in [2.24, 2.45) is 0 Å². The van der Waals surface area contributed by atoms with Crippen molar-refractivity contribution in [3.63, 3.8) is 0 Å². The summed E-state index contributed by atoms with van der Waals surface area (Å²) in [6, 6.07) is 16.9. The first-order valence-electron chi connectivity index (χ1n) is 8.98. The van der Waals surface area contributed by atoms with Gasteiger partial charge in [-0.15, -0.1) is 0 Å². The Morgan fingerprint density at radius 2 is 1.82 bits per heavy atom. The van der Waals surface area contributed by atoms with E-state index in [2.05, 4.69) is 10.3 Å². The Morgan fingerprint density at radius 1 is 1.07 bits per heavy atom. The van der Waals surface area contributed by atoms with Crippen LogP contribution in [0.4, 0.5) is 5.69 Å². The van der Waals surface area contributed by atoms with Crippen LogP contribution in [0.1, 0.15) is 17.5 Å². The van der Waals surface area contributed by atoms with E-state index in [9.17, 15) is 13.2 Å². The van der Waals surface area contributed by atoms with Gasteiger partial charge in [-0.05, 0) is 30.2 Å². The average Bonchev–Trinajstić information content (AvgIpc) is 2.66. The van der Waals surface area contributed by atoms with Gasteiger partial charge >= 0.3 is 0 Å². The van der Waals surface area contributed by atoms with Crippen molar-refractivity contribution in [3.8, 4) is 0 Å². The lowest BCUT2D eigenvalue weighted by atomic mass is 10.1. The number of nitrogens with one attached hydrogen (secondary N) is 1. The second-order valence-electron chi connectivity index (χ2n) is 6.70. The quantitative estimate of drug-likeness (QED) is 0.663. The molecule has 0 saturated carbocycles. The predicted octanol–water partition coefficient (Wildman–Crippen LogP) is 3.33. The Labute approximate surface area is 165 Å². The van der Waals surface area contributed by atoms with Crippen LogP contribution < -0.4 is 5.32 Å². The smallest absolute Gasteiger partial charge is 0.225 e. The van der Waals surface area contributed by atoms with E-state index in [0.717, 1.165) is 22.8 Å². The molecule has 0 atom stereocenters. The molecule has 1 aromatic heterocycles. The fraction of sp³-hybridized carbons (Fsp3) is 0.238.